The Morgan fingerprint density at radius 2 is 1.41 bits per heavy atom. The number of allylic oxidation sites excluding steroid dienone is 2. The van der Waals surface area contributed by atoms with E-state index in [0.29, 0.717) is 13.2 Å². The maximum Gasteiger partial charge on any atom is 0.0990 e. The standard InChI is InChI=1S/C24H47NO4/c1-2-3-4-5-6-7-8-9-10-11-12-13-14-15-16-17-18-29-20-22(27)23-24(28)21(26)19-25-23/h9-10,21-28H,2-8,11-20H2,1H3/b10-9-/t21-,22+,23+,24-/m0/s1. The van der Waals surface area contributed by atoms with Gasteiger partial charge in [0.2, 0.25) is 0 Å². The van der Waals surface area contributed by atoms with Crippen molar-refractivity contribution in [2.75, 3.05) is 19.8 Å². The predicted molar refractivity (Wildman–Crippen MR) is 120 cm³/mol. The van der Waals surface area contributed by atoms with Crippen LogP contribution < -0.4 is 5.32 Å². The second-order valence-corrected chi connectivity index (χ2v) is 8.57. The van der Waals surface area contributed by atoms with E-state index < -0.39 is 24.4 Å². The van der Waals surface area contributed by atoms with Crippen molar-refractivity contribution in [2.24, 2.45) is 0 Å². The number of β-amino-alcohol motifs (C(OH)–C–C–N with tert-alkyl or cyclic N) is 1. The van der Waals surface area contributed by atoms with E-state index in [9.17, 15) is 15.3 Å². The van der Waals surface area contributed by atoms with Gasteiger partial charge < -0.3 is 25.4 Å². The first-order chi connectivity index (χ1) is 14.2. The summed E-state index contributed by atoms with van der Waals surface area (Å²) < 4.78 is 5.52. The van der Waals surface area contributed by atoms with Crippen molar-refractivity contribution in [1.82, 2.24) is 5.32 Å². The van der Waals surface area contributed by atoms with Crippen LogP contribution in [0.2, 0.25) is 0 Å². The van der Waals surface area contributed by atoms with E-state index in [1.807, 2.05) is 0 Å². The lowest BCUT2D eigenvalue weighted by molar-refractivity contribution is -0.0272. The van der Waals surface area contributed by atoms with Gasteiger partial charge in [-0.2, -0.15) is 0 Å². The zero-order valence-corrected chi connectivity index (χ0v) is 18.7. The molecule has 5 nitrogen and oxygen atoms in total. The number of aliphatic hydroxyl groups is 3. The molecule has 1 rings (SSSR count). The third kappa shape index (κ3) is 13.5. The van der Waals surface area contributed by atoms with E-state index in [1.54, 1.807) is 0 Å². The first kappa shape index (κ1) is 26.6. The van der Waals surface area contributed by atoms with Crippen LogP contribution in [0.25, 0.3) is 0 Å². The van der Waals surface area contributed by atoms with Gasteiger partial charge in [-0.1, -0.05) is 76.9 Å². The van der Waals surface area contributed by atoms with Gasteiger partial charge in [0.25, 0.3) is 0 Å². The van der Waals surface area contributed by atoms with Gasteiger partial charge in [-0.15, -0.1) is 0 Å². The summed E-state index contributed by atoms with van der Waals surface area (Å²) in [7, 11) is 0. The van der Waals surface area contributed by atoms with Gasteiger partial charge in [0.1, 0.15) is 0 Å². The summed E-state index contributed by atoms with van der Waals surface area (Å²) >= 11 is 0. The number of ether oxygens (including phenoxy) is 1. The van der Waals surface area contributed by atoms with Crippen molar-refractivity contribution in [3.05, 3.63) is 12.2 Å². The Bertz CT molecular complexity index is 391. The molecule has 29 heavy (non-hydrogen) atoms. The van der Waals surface area contributed by atoms with Crippen molar-refractivity contribution >= 4 is 0 Å². The summed E-state index contributed by atoms with van der Waals surface area (Å²) in [4.78, 5) is 0. The summed E-state index contributed by atoms with van der Waals surface area (Å²) in [5.74, 6) is 0. The molecule has 1 aliphatic rings. The fraction of sp³-hybridized carbons (Fsp3) is 0.917. The molecule has 172 valence electrons. The Morgan fingerprint density at radius 3 is 1.97 bits per heavy atom. The molecule has 1 fully saturated rings. The maximum absolute atomic E-state index is 10.0. The van der Waals surface area contributed by atoms with Crippen molar-refractivity contribution in [3.8, 4) is 0 Å². The molecule has 0 aromatic heterocycles. The van der Waals surface area contributed by atoms with Crippen LogP contribution in [-0.4, -0.2) is 59.4 Å². The fourth-order valence-electron chi connectivity index (χ4n) is 3.86. The van der Waals surface area contributed by atoms with E-state index in [4.69, 9.17) is 4.74 Å². The van der Waals surface area contributed by atoms with Gasteiger partial charge in [-0.3, -0.25) is 0 Å². The highest BCUT2D eigenvalue weighted by Crippen LogP contribution is 2.13. The fourth-order valence-corrected chi connectivity index (χ4v) is 3.86. The highest BCUT2D eigenvalue weighted by atomic mass is 16.5. The molecular weight excluding hydrogens is 366 g/mol. The number of hydrogen-bond donors (Lipinski definition) is 4. The summed E-state index contributed by atoms with van der Waals surface area (Å²) in [5, 5.41) is 32.2. The number of nitrogens with one attached hydrogen (secondary N) is 1. The van der Waals surface area contributed by atoms with E-state index in [2.05, 4.69) is 24.4 Å². The topological polar surface area (TPSA) is 82.0 Å². The first-order valence-corrected chi connectivity index (χ1v) is 12.2. The second kappa shape index (κ2) is 18.3. The van der Waals surface area contributed by atoms with Gasteiger partial charge >= 0.3 is 0 Å². The molecule has 4 atom stereocenters. The van der Waals surface area contributed by atoms with Crippen LogP contribution in [0.1, 0.15) is 96.8 Å². The number of hydrogen-bond acceptors (Lipinski definition) is 5. The Labute approximate surface area is 178 Å². The lowest BCUT2D eigenvalue weighted by Gasteiger charge is -2.22. The molecule has 5 heteroatoms. The maximum atomic E-state index is 10.0. The van der Waals surface area contributed by atoms with Crippen LogP contribution in [0.15, 0.2) is 12.2 Å². The molecule has 0 spiro atoms. The Morgan fingerprint density at radius 1 is 0.862 bits per heavy atom. The number of unbranched alkanes of at least 4 members (excludes halogenated alkanes) is 12. The monoisotopic (exact) mass is 413 g/mol. The molecule has 0 amide bonds. The molecule has 4 N–H and O–H groups in total. The van der Waals surface area contributed by atoms with E-state index in [0.717, 1.165) is 12.8 Å². The summed E-state index contributed by atoms with van der Waals surface area (Å²) in [6, 6.07) is -0.496. The van der Waals surface area contributed by atoms with Crippen LogP contribution >= 0.6 is 0 Å². The molecule has 1 heterocycles. The molecule has 0 aliphatic carbocycles. The molecular formula is C24H47NO4. The molecule has 0 aromatic carbocycles. The van der Waals surface area contributed by atoms with Crippen molar-refractivity contribution < 1.29 is 20.1 Å². The zero-order valence-electron chi connectivity index (χ0n) is 18.7. The Balaban J connectivity index is 1.78. The van der Waals surface area contributed by atoms with E-state index >= 15 is 0 Å². The first-order valence-electron chi connectivity index (χ1n) is 12.2. The zero-order chi connectivity index (χ0) is 21.2. The normalized spacial score (nSPS) is 23.2. The smallest absolute Gasteiger partial charge is 0.0990 e. The SMILES string of the molecule is CCCCCCCC/C=C\CCCCCCCCOC[C@@H](O)[C@H]1NC[C@H](O)[C@@H]1O. The Kier molecular flexibility index (Phi) is 16.8. The highest BCUT2D eigenvalue weighted by molar-refractivity contribution is 4.94. The third-order valence-electron chi connectivity index (χ3n) is 5.83. The number of rotatable bonds is 19. The van der Waals surface area contributed by atoms with Crippen molar-refractivity contribution in [3.63, 3.8) is 0 Å². The van der Waals surface area contributed by atoms with Crippen molar-refractivity contribution in [2.45, 2.75) is 121 Å². The molecule has 1 aliphatic heterocycles. The number of aliphatic hydroxyl groups excluding tert-OH is 3. The predicted octanol–water partition coefficient (Wildman–Crippen LogP) is 4.10. The van der Waals surface area contributed by atoms with Crippen LogP contribution in [0.4, 0.5) is 0 Å². The van der Waals surface area contributed by atoms with Crippen LogP contribution in [0.5, 0.6) is 0 Å². The molecule has 0 bridgehead atoms. The lowest BCUT2D eigenvalue weighted by atomic mass is 10.1. The molecule has 0 unspecified atom stereocenters. The minimum absolute atomic E-state index is 0.201. The molecule has 0 aromatic rings. The quantitative estimate of drug-likeness (QED) is 0.189. The average Bonchev–Trinajstić information content (AvgIpc) is 3.05. The highest BCUT2D eigenvalue weighted by Gasteiger charge is 2.37. The minimum atomic E-state index is -0.918. The van der Waals surface area contributed by atoms with E-state index in [1.165, 1.54) is 77.0 Å². The van der Waals surface area contributed by atoms with Crippen LogP contribution in [-0.2, 0) is 4.74 Å². The van der Waals surface area contributed by atoms with Gasteiger partial charge in [0.05, 0.1) is 31.0 Å². The molecule has 0 radical (unpaired) electrons. The Hall–Kier alpha value is -0.460. The van der Waals surface area contributed by atoms with Crippen LogP contribution in [0.3, 0.4) is 0 Å². The third-order valence-corrected chi connectivity index (χ3v) is 5.83. The second-order valence-electron chi connectivity index (χ2n) is 8.57. The minimum Gasteiger partial charge on any atom is -0.389 e. The van der Waals surface area contributed by atoms with Crippen molar-refractivity contribution in [1.29, 1.82) is 0 Å². The summed E-state index contributed by atoms with van der Waals surface area (Å²) in [6.07, 6.45) is 20.2. The molecule has 1 saturated heterocycles. The summed E-state index contributed by atoms with van der Waals surface area (Å²) in [5.41, 5.74) is 0. The molecule has 0 saturated carbocycles. The van der Waals surface area contributed by atoms with Crippen LogP contribution in [0, 0.1) is 0 Å². The summed E-state index contributed by atoms with van der Waals surface area (Å²) in [6.45, 7) is 3.43. The largest absolute Gasteiger partial charge is 0.389 e. The average molecular weight is 414 g/mol. The van der Waals surface area contributed by atoms with Gasteiger partial charge in [-0.05, 0) is 32.1 Å². The lowest BCUT2D eigenvalue weighted by Crippen LogP contribution is -2.45. The van der Waals surface area contributed by atoms with E-state index in [-0.39, 0.29) is 6.61 Å². The van der Waals surface area contributed by atoms with Gasteiger partial charge in [-0.25, -0.2) is 0 Å². The van der Waals surface area contributed by atoms with Gasteiger partial charge in [0.15, 0.2) is 0 Å². The van der Waals surface area contributed by atoms with Gasteiger partial charge in [0, 0.05) is 13.2 Å².